The van der Waals surface area contributed by atoms with Gasteiger partial charge in [0.05, 0.1) is 19.0 Å². The molecule has 0 aliphatic carbocycles. The zero-order chi connectivity index (χ0) is 30.4. The van der Waals surface area contributed by atoms with E-state index in [1.165, 1.54) is 21.0 Å². The summed E-state index contributed by atoms with van der Waals surface area (Å²) < 4.78 is 25.3. The molecule has 0 amide bonds. The van der Waals surface area contributed by atoms with Gasteiger partial charge >= 0.3 is 5.97 Å². The second-order valence-electron chi connectivity index (χ2n) is 9.40. The molecular formula is C23H40O16. The topological polar surface area (TPSA) is 266 Å². The highest BCUT2D eigenvalue weighted by Gasteiger charge is 2.58. The lowest BCUT2D eigenvalue weighted by molar-refractivity contribution is -0.352. The van der Waals surface area contributed by atoms with E-state index in [9.17, 15) is 55.9 Å². The van der Waals surface area contributed by atoms with E-state index in [2.05, 4.69) is 11.3 Å². The number of aliphatic hydroxyl groups excluding tert-OH is 9. The molecule has 39 heavy (non-hydrogen) atoms. The molecule has 0 radical (unpaired) electrons. The first-order valence-corrected chi connectivity index (χ1v) is 11.8. The number of hydrogen-bond acceptors (Lipinski definition) is 15. The lowest BCUT2D eigenvalue weighted by Gasteiger charge is -2.47. The van der Waals surface area contributed by atoms with E-state index in [0.29, 0.717) is 0 Å². The summed E-state index contributed by atoms with van der Waals surface area (Å²) in [4.78, 5) is 11.7. The van der Waals surface area contributed by atoms with Crippen LogP contribution in [-0.4, -0.2) is 138 Å². The molecule has 10 unspecified atom stereocenters. The SMILES string of the molecule is C=C(O)C(C)C(O[C@H](OC)C(O)C(C)/C=C(/O)OC)C(O)C(O)C(O)OC1(C)C(O)C(O)[C@H](O)O[C@H]1C(=O)O. The molecule has 0 saturated carbocycles. The number of carboxylic acid groups (broad SMARTS) is 1. The zero-order valence-corrected chi connectivity index (χ0v) is 22.1. The fourth-order valence-corrected chi connectivity index (χ4v) is 3.89. The van der Waals surface area contributed by atoms with Gasteiger partial charge in [-0.1, -0.05) is 20.4 Å². The Morgan fingerprint density at radius 2 is 1.56 bits per heavy atom. The Kier molecular flexibility index (Phi) is 13.0. The Morgan fingerprint density at radius 3 is 2.03 bits per heavy atom. The van der Waals surface area contributed by atoms with Gasteiger partial charge in [0.1, 0.15) is 36.1 Å². The van der Waals surface area contributed by atoms with Gasteiger partial charge in [-0.25, -0.2) is 4.79 Å². The minimum absolute atomic E-state index is 0.513. The third-order valence-corrected chi connectivity index (χ3v) is 6.55. The van der Waals surface area contributed by atoms with E-state index in [1.807, 2.05) is 0 Å². The van der Waals surface area contributed by atoms with Gasteiger partial charge in [-0.2, -0.15) is 0 Å². The molecule has 1 aliphatic rings. The van der Waals surface area contributed by atoms with Crippen LogP contribution in [0.3, 0.4) is 0 Å². The van der Waals surface area contributed by atoms with Gasteiger partial charge in [-0.15, -0.1) is 0 Å². The molecule has 1 aliphatic heterocycles. The number of aliphatic hydroxyl groups is 9. The average molecular weight is 573 g/mol. The lowest BCUT2D eigenvalue weighted by atomic mass is 9.85. The van der Waals surface area contributed by atoms with Crippen LogP contribution in [0.5, 0.6) is 0 Å². The Morgan fingerprint density at radius 1 is 1.00 bits per heavy atom. The summed E-state index contributed by atoms with van der Waals surface area (Å²) >= 11 is 0. The Labute approximate surface area is 224 Å². The average Bonchev–Trinajstić information content (AvgIpc) is 2.88. The van der Waals surface area contributed by atoms with Crippen LogP contribution in [0.4, 0.5) is 0 Å². The van der Waals surface area contributed by atoms with Crippen molar-refractivity contribution >= 4 is 5.97 Å². The van der Waals surface area contributed by atoms with Gasteiger partial charge in [-0.05, 0) is 6.92 Å². The predicted molar refractivity (Wildman–Crippen MR) is 128 cm³/mol. The highest BCUT2D eigenvalue weighted by atomic mass is 16.7. The third kappa shape index (κ3) is 8.21. The van der Waals surface area contributed by atoms with Gasteiger partial charge in [0.2, 0.25) is 0 Å². The standard InChI is InChI=1S/C23H40O16/c1-8(7-11(25)35-5)12(26)22(36-6)37-16(9(2)10(3)24)13(27)14(28)21(34)39-23(4)17(30)15(29)20(33)38-18(23)19(31)32/h7-9,12-18,20-22,24-30,33-34H,3H2,1-2,4-6H3,(H,31,32)/b11-7-/t8?,9?,12?,13?,14?,15?,16?,17?,18-,20+,21?,22-,23?/m0/s1. The Bertz CT molecular complexity index is 837. The Hall–Kier alpha value is -2.09. The minimum Gasteiger partial charge on any atom is -0.513 e. The Balaban J connectivity index is 3.24. The molecule has 0 aromatic heterocycles. The van der Waals surface area contributed by atoms with Crippen molar-refractivity contribution in [1.29, 1.82) is 0 Å². The number of ether oxygens (including phenoxy) is 5. The van der Waals surface area contributed by atoms with Crippen LogP contribution in [0.25, 0.3) is 0 Å². The summed E-state index contributed by atoms with van der Waals surface area (Å²) in [7, 11) is 2.32. The van der Waals surface area contributed by atoms with Gasteiger partial charge in [-0.3, -0.25) is 0 Å². The van der Waals surface area contributed by atoms with Crippen molar-refractivity contribution in [2.75, 3.05) is 14.2 Å². The van der Waals surface area contributed by atoms with Crippen molar-refractivity contribution in [1.82, 2.24) is 0 Å². The molecule has 0 spiro atoms. The fraction of sp³-hybridized carbons (Fsp3) is 0.783. The minimum atomic E-state index is -2.47. The normalized spacial score (nSPS) is 32.3. The van der Waals surface area contributed by atoms with Gasteiger partial charge in [0.15, 0.2) is 25.0 Å². The van der Waals surface area contributed by atoms with Crippen molar-refractivity contribution in [3.63, 3.8) is 0 Å². The monoisotopic (exact) mass is 572 g/mol. The van der Waals surface area contributed by atoms with Crippen LogP contribution < -0.4 is 0 Å². The molecule has 16 heteroatoms. The third-order valence-electron chi connectivity index (χ3n) is 6.55. The van der Waals surface area contributed by atoms with Crippen LogP contribution in [0.2, 0.25) is 0 Å². The summed E-state index contributed by atoms with van der Waals surface area (Å²) in [5.74, 6) is -4.83. The highest BCUT2D eigenvalue weighted by molar-refractivity contribution is 5.74. The first-order chi connectivity index (χ1) is 17.9. The smallest absolute Gasteiger partial charge is 0.336 e. The van der Waals surface area contributed by atoms with Crippen LogP contribution in [-0.2, 0) is 28.5 Å². The number of methoxy groups -OCH3 is 2. The molecule has 1 rings (SSSR count). The molecule has 1 saturated heterocycles. The number of carboxylic acids is 1. The van der Waals surface area contributed by atoms with Crippen molar-refractivity contribution in [2.45, 2.75) is 88.0 Å². The number of rotatable bonds is 15. The number of carbonyl (C=O) groups is 1. The van der Waals surface area contributed by atoms with E-state index in [0.717, 1.165) is 20.1 Å². The van der Waals surface area contributed by atoms with E-state index < -0.39 is 96.7 Å². The molecule has 0 bridgehead atoms. The van der Waals surface area contributed by atoms with Crippen LogP contribution >= 0.6 is 0 Å². The molecule has 228 valence electrons. The zero-order valence-electron chi connectivity index (χ0n) is 22.1. The van der Waals surface area contributed by atoms with E-state index in [1.54, 1.807) is 0 Å². The van der Waals surface area contributed by atoms with Crippen LogP contribution in [0, 0.1) is 11.8 Å². The molecule has 1 heterocycles. The van der Waals surface area contributed by atoms with Gasteiger partial charge in [0.25, 0.3) is 5.95 Å². The number of aliphatic carboxylic acids is 1. The molecule has 10 N–H and O–H groups in total. The maximum atomic E-state index is 11.7. The molecule has 16 nitrogen and oxygen atoms in total. The molecule has 13 atom stereocenters. The molecule has 1 fully saturated rings. The second-order valence-corrected chi connectivity index (χ2v) is 9.40. The molecule has 0 aromatic rings. The van der Waals surface area contributed by atoms with Gasteiger partial charge < -0.3 is 74.7 Å². The first-order valence-electron chi connectivity index (χ1n) is 11.8. The summed E-state index contributed by atoms with van der Waals surface area (Å²) in [6, 6.07) is 0. The maximum absolute atomic E-state index is 11.7. The quantitative estimate of drug-likeness (QED) is 0.0714. The van der Waals surface area contributed by atoms with Crippen LogP contribution in [0.1, 0.15) is 20.8 Å². The predicted octanol–water partition coefficient (Wildman–Crippen LogP) is -2.57. The summed E-state index contributed by atoms with van der Waals surface area (Å²) in [6.45, 7) is 7.04. The first kappa shape index (κ1) is 34.9. The summed E-state index contributed by atoms with van der Waals surface area (Å²) in [5.41, 5.74) is -2.45. The fourth-order valence-electron chi connectivity index (χ4n) is 3.89. The second kappa shape index (κ2) is 14.5. The van der Waals surface area contributed by atoms with E-state index in [4.69, 9.17) is 18.9 Å². The van der Waals surface area contributed by atoms with Crippen molar-refractivity contribution < 1.29 is 79.5 Å². The molecular weight excluding hydrogens is 532 g/mol. The van der Waals surface area contributed by atoms with Gasteiger partial charge in [0, 0.05) is 25.0 Å². The maximum Gasteiger partial charge on any atom is 0.336 e. The largest absolute Gasteiger partial charge is 0.513 e. The number of hydrogen-bond donors (Lipinski definition) is 10. The van der Waals surface area contributed by atoms with E-state index in [-0.39, 0.29) is 0 Å². The van der Waals surface area contributed by atoms with Crippen LogP contribution in [0.15, 0.2) is 24.4 Å². The van der Waals surface area contributed by atoms with Crippen molar-refractivity contribution in [2.24, 2.45) is 11.8 Å². The summed E-state index contributed by atoms with van der Waals surface area (Å²) in [6.07, 6.45) is -19.0. The summed E-state index contributed by atoms with van der Waals surface area (Å²) in [5, 5.41) is 102. The highest BCUT2D eigenvalue weighted by Crippen LogP contribution is 2.35. The lowest BCUT2D eigenvalue weighted by Crippen LogP contribution is -2.69. The van der Waals surface area contributed by atoms with Crippen molar-refractivity contribution in [3.05, 3.63) is 24.4 Å². The van der Waals surface area contributed by atoms with Crippen molar-refractivity contribution in [3.8, 4) is 0 Å². The molecule has 0 aromatic carbocycles. The van der Waals surface area contributed by atoms with E-state index >= 15 is 0 Å².